The summed E-state index contributed by atoms with van der Waals surface area (Å²) in [6.07, 6.45) is -0.505. The molecule has 0 saturated carbocycles. The zero-order valence-electron chi connectivity index (χ0n) is 9.07. The molecule has 1 aromatic carbocycles. The molecule has 0 aliphatic carbocycles. The second-order valence-corrected chi connectivity index (χ2v) is 4.05. The largest absolute Gasteiger partial charge is 0.391 e. The van der Waals surface area contributed by atoms with Crippen LogP contribution in [0.15, 0.2) is 24.3 Å². The van der Waals surface area contributed by atoms with Gasteiger partial charge in [-0.05, 0) is 24.0 Å². The Balaban J connectivity index is 3.06. The molecule has 3 N–H and O–H groups in total. The maximum absolute atomic E-state index is 9.46. The lowest BCUT2D eigenvalue weighted by Gasteiger charge is -2.20. The highest BCUT2D eigenvalue weighted by Crippen LogP contribution is 2.25. The SMILES string of the molecule is CC(C)c1ccccc1[C@H](N)[C@@H](C)O. The van der Waals surface area contributed by atoms with Crippen LogP contribution in [-0.2, 0) is 0 Å². The molecule has 0 bridgehead atoms. The summed E-state index contributed by atoms with van der Waals surface area (Å²) in [5.41, 5.74) is 8.20. The van der Waals surface area contributed by atoms with Crippen molar-refractivity contribution in [2.75, 3.05) is 0 Å². The third kappa shape index (κ3) is 2.34. The predicted octanol–water partition coefficient (Wildman–Crippen LogP) is 2.19. The summed E-state index contributed by atoms with van der Waals surface area (Å²) >= 11 is 0. The minimum atomic E-state index is -0.505. The van der Waals surface area contributed by atoms with Gasteiger partial charge in [0.05, 0.1) is 12.1 Å². The summed E-state index contributed by atoms with van der Waals surface area (Å²) in [4.78, 5) is 0. The first-order valence-electron chi connectivity index (χ1n) is 5.06. The molecule has 0 fully saturated rings. The van der Waals surface area contributed by atoms with Crippen molar-refractivity contribution in [3.63, 3.8) is 0 Å². The molecule has 1 aromatic rings. The summed E-state index contributed by atoms with van der Waals surface area (Å²) < 4.78 is 0. The highest BCUT2D eigenvalue weighted by molar-refractivity contribution is 5.32. The van der Waals surface area contributed by atoms with Crippen LogP contribution in [-0.4, -0.2) is 11.2 Å². The summed E-state index contributed by atoms with van der Waals surface area (Å²) in [6, 6.07) is 7.75. The normalized spacial score (nSPS) is 15.6. The Hall–Kier alpha value is -0.860. The molecule has 0 aliphatic heterocycles. The van der Waals surface area contributed by atoms with E-state index >= 15 is 0 Å². The number of hydrogen-bond donors (Lipinski definition) is 2. The van der Waals surface area contributed by atoms with Gasteiger partial charge >= 0.3 is 0 Å². The van der Waals surface area contributed by atoms with Crippen molar-refractivity contribution in [1.82, 2.24) is 0 Å². The van der Waals surface area contributed by atoms with Crippen molar-refractivity contribution in [3.8, 4) is 0 Å². The van der Waals surface area contributed by atoms with Gasteiger partial charge in [-0.2, -0.15) is 0 Å². The van der Waals surface area contributed by atoms with Crippen molar-refractivity contribution < 1.29 is 5.11 Å². The average molecular weight is 193 g/mol. The Morgan fingerprint density at radius 1 is 1.07 bits per heavy atom. The van der Waals surface area contributed by atoms with Crippen LogP contribution in [0.2, 0.25) is 0 Å². The van der Waals surface area contributed by atoms with Gasteiger partial charge in [0.15, 0.2) is 0 Å². The van der Waals surface area contributed by atoms with E-state index in [0.717, 1.165) is 5.56 Å². The van der Waals surface area contributed by atoms with E-state index in [4.69, 9.17) is 5.73 Å². The van der Waals surface area contributed by atoms with E-state index in [1.165, 1.54) is 5.56 Å². The predicted molar refractivity (Wildman–Crippen MR) is 59.1 cm³/mol. The topological polar surface area (TPSA) is 46.2 Å². The summed E-state index contributed by atoms with van der Waals surface area (Å²) in [6.45, 7) is 5.99. The maximum Gasteiger partial charge on any atom is 0.0704 e. The van der Waals surface area contributed by atoms with Crippen molar-refractivity contribution >= 4 is 0 Å². The maximum atomic E-state index is 9.46. The van der Waals surface area contributed by atoms with Crippen LogP contribution in [0.5, 0.6) is 0 Å². The lowest BCUT2D eigenvalue weighted by molar-refractivity contribution is 0.164. The minimum Gasteiger partial charge on any atom is -0.391 e. The van der Waals surface area contributed by atoms with Gasteiger partial charge in [0.1, 0.15) is 0 Å². The minimum absolute atomic E-state index is 0.284. The molecule has 2 heteroatoms. The number of nitrogens with two attached hydrogens (primary N) is 1. The molecule has 14 heavy (non-hydrogen) atoms. The van der Waals surface area contributed by atoms with Gasteiger partial charge in [0.25, 0.3) is 0 Å². The second kappa shape index (κ2) is 4.58. The monoisotopic (exact) mass is 193 g/mol. The Labute approximate surface area is 85.8 Å². The fourth-order valence-corrected chi connectivity index (χ4v) is 1.60. The van der Waals surface area contributed by atoms with E-state index < -0.39 is 6.10 Å². The quantitative estimate of drug-likeness (QED) is 0.773. The highest BCUT2D eigenvalue weighted by Gasteiger charge is 2.16. The van der Waals surface area contributed by atoms with Crippen molar-refractivity contribution in [1.29, 1.82) is 0 Å². The summed E-state index contributed by atoms with van der Waals surface area (Å²) in [5, 5.41) is 9.46. The Kier molecular flexibility index (Phi) is 3.67. The van der Waals surface area contributed by atoms with Crippen molar-refractivity contribution in [3.05, 3.63) is 35.4 Å². The molecule has 0 amide bonds. The fourth-order valence-electron chi connectivity index (χ4n) is 1.60. The number of benzene rings is 1. The number of aliphatic hydroxyl groups is 1. The van der Waals surface area contributed by atoms with E-state index in [1.807, 2.05) is 18.2 Å². The second-order valence-electron chi connectivity index (χ2n) is 4.05. The zero-order valence-corrected chi connectivity index (χ0v) is 9.07. The molecule has 0 saturated heterocycles. The molecular formula is C12H19NO. The third-order valence-corrected chi connectivity index (χ3v) is 2.50. The van der Waals surface area contributed by atoms with E-state index in [-0.39, 0.29) is 6.04 Å². The molecule has 78 valence electrons. The van der Waals surface area contributed by atoms with E-state index in [9.17, 15) is 5.11 Å². The van der Waals surface area contributed by atoms with Crippen molar-refractivity contribution in [2.45, 2.75) is 38.8 Å². The molecule has 0 spiro atoms. The van der Waals surface area contributed by atoms with Crippen LogP contribution in [0.1, 0.15) is 43.9 Å². The van der Waals surface area contributed by atoms with E-state index in [1.54, 1.807) is 6.92 Å². The molecule has 0 radical (unpaired) electrons. The number of hydrogen-bond acceptors (Lipinski definition) is 2. The highest BCUT2D eigenvalue weighted by atomic mass is 16.3. The van der Waals surface area contributed by atoms with Crippen LogP contribution >= 0.6 is 0 Å². The van der Waals surface area contributed by atoms with E-state index in [2.05, 4.69) is 19.9 Å². The Bertz CT molecular complexity index is 294. The lowest BCUT2D eigenvalue weighted by atomic mass is 9.91. The van der Waals surface area contributed by atoms with Crippen LogP contribution in [0.25, 0.3) is 0 Å². The van der Waals surface area contributed by atoms with Crippen LogP contribution in [0.4, 0.5) is 0 Å². The molecule has 0 aromatic heterocycles. The molecule has 0 heterocycles. The van der Waals surface area contributed by atoms with Crippen LogP contribution in [0.3, 0.4) is 0 Å². The average Bonchev–Trinajstić information content (AvgIpc) is 2.16. The molecule has 2 atom stereocenters. The summed E-state index contributed by atoms with van der Waals surface area (Å²) in [5.74, 6) is 0.441. The number of rotatable bonds is 3. The van der Waals surface area contributed by atoms with Gasteiger partial charge in [-0.1, -0.05) is 38.1 Å². The van der Waals surface area contributed by atoms with Gasteiger partial charge in [-0.3, -0.25) is 0 Å². The van der Waals surface area contributed by atoms with E-state index in [0.29, 0.717) is 5.92 Å². The lowest BCUT2D eigenvalue weighted by Crippen LogP contribution is -2.24. The summed E-state index contributed by atoms with van der Waals surface area (Å²) in [7, 11) is 0. The first-order chi connectivity index (χ1) is 6.54. The molecular weight excluding hydrogens is 174 g/mol. The van der Waals surface area contributed by atoms with Crippen LogP contribution < -0.4 is 5.73 Å². The smallest absolute Gasteiger partial charge is 0.0704 e. The third-order valence-electron chi connectivity index (χ3n) is 2.50. The first-order valence-corrected chi connectivity index (χ1v) is 5.06. The van der Waals surface area contributed by atoms with Gasteiger partial charge in [0.2, 0.25) is 0 Å². The molecule has 2 nitrogen and oxygen atoms in total. The Morgan fingerprint density at radius 3 is 2.00 bits per heavy atom. The van der Waals surface area contributed by atoms with Crippen LogP contribution in [0, 0.1) is 0 Å². The Morgan fingerprint density at radius 2 is 1.57 bits per heavy atom. The van der Waals surface area contributed by atoms with Crippen molar-refractivity contribution in [2.24, 2.45) is 5.73 Å². The molecule has 1 rings (SSSR count). The number of aliphatic hydroxyl groups excluding tert-OH is 1. The van der Waals surface area contributed by atoms with Gasteiger partial charge in [-0.25, -0.2) is 0 Å². The first kappa shape index (κ1) is 11.2. The van der Waals surface area contributed by atoms with Gasteiger partial charge < -0.3 is 10.8 Å². The molecule has 0 unspecified atom stereocenters. The molecule has 0 aliphatic rings. The fraction of sp³-hybridized carbons (Fsp3) is 0.500. The standard InChI is InChI=1S/C12H19NO/c1-8(2)10-6-4-5-7-11(10)12(13)9(3)14/h4-9,12,14H,13H2,1-3H3/t9-,12-/m1/s1. The van der Waals surface area contributed by atoms with Gasteiger partial charge in [-0.15, -0.1) is 0 Å². The zero-order chi connectivity index (χ0) is 10.7. The van der Waals surface area contributed by atoms with Gasteiger partial charge in [0, 0.05) is 0 Å².